The van der Waals surface area contributed by atoms with Gasteiger partial charge in [0.15, 0.2) is 5.78 Å². The van der Waals surface area contributed by atoms with Gasteiger partial charge in [0, 0.05) is 34.4 Å². The molecule has 0 amide bonds. The van der Waals surface area contributed by atoms with E-state index in [1.54, 1.807) is 12.4 Å². The van der Waals surface area contributed by atoms with Crippen LogP contribution in [0.5, 0.6) is 0 Å². The molecule has 0 N–H and O–H groups in total. The molecule has 0 aliphatic heterocycles. The van der Waals surface area contributed by atoms with E-state index in [-0.39, 0.29) is 5.78 Å². The number of hydrogen-bond donors (Lipinski definition) is 0. The predicted octanol–water partition coefficient (Wildman–Crippen LogP) is 3.43. The molecule has 3 aromatic rings. The number of aryl methyl sites for hydroxylation is 1. The number of benzene rings is 1. The van der Waals surface area contributed by atoms with Gasteiger partial charge in [0.1, 0.15) is 5.01 Å². The number of nitrogens with zero attached hydrogens (tertiary/aromatic N) is 2. The lowest BCUT2D eigenvalue weighted by Gasteiger charge is -2.03. The van der Waals surface area contributed by atoms with E-state index in [0.29, 0.717) is 12.0 Å². The van der Waals surface area contributed by atoms with Crippen molar-refractivity contribution in [1.82, 2.24) is 9.97 Å². The maximum Gasteiger partial charge on any atom is 0.171 e. The lowest BCUT2D eigenvalue weighted by molar-refractivity contribution is 0.0994. The summed E-state index contributed by atoms with van der Waals surface area (Å²) in [5.41, 5.74) is 1.63. The number of aromatic nitrogens is 2. The molecule has 0 atom stereocenters. The Morgan fingerprint density at radius 1 is 1.26 bits per heavy atom. The molecule has 94 valence electrons. The average Bonchev–Trinajstić information content (AvgIpc) is 2.83. The minimum Gasteiger partial charge on any atom is -0.294 e. The van der Waals surface area contributed by atoms with Crippen LogP contribution in [0.2, 0.25) is 0 Å². The average molecular weight is 268 g/mol. The van der Waals surface area contributed by atoms with Gasteiger partial charge in [-0.2, -0.15) is 0 Å². The first kappa shape index (κ1) is 12.0. The van der Waals surface area contributed by atoms with Crippen molar-refractivity contribution in [2.24, 2.45) is 0 Å². The molecule has 2 aromatic heterocycles. The summed E-state index contributed by atoms with van der Waals surface area (Å²) in [6, 6.07) is 7.80. The van der Waals surface area contributed by atoms with Gasteiger partial charge in [0.05, 0.1) is 6.42 Å². The first-order chi connectivity index (χ1) is 9.24. The zero-order chi connectivity index (χ0) is 13.2. The molecular weight excluding hydrogens is 256 g/mol. The molecule has 0 fully saturated rings. The molecule has 0 saturated heterocycles. The van der Waals surface area contributed by atoms with Crippen LogP contribution in [0.1, 0.15) is 21.1 Å². The van der Waals surface area contributed by atoms with Gasteiger partial charge in [-0.25, -0.2) is 4.98 Å². The van der Waals surface area contributed by atoms with E-state index < -0.39 is 0 Å². The second-order valence-electron chi connectivity index (χ2n) is 4.39. The molecule has 0 spiro atoms. The fourth-order valence-electron chi connectivity index (χ4n) is 2.06. The van der Waals surface area contributed by atoms with Crippen LogP contribution in [-0.4, -0.2) is 15.8 Å². The number of carbonyl (C=O) groups excluding carboxylic acids is 1. The molecule has 0 aliphatic rings. The molecular formula is C15H12N2OS. The van der Waals surface area contributed by atoms with E-state index in [9.17, 15) is 4.79 Å². The highest BCUT2D eigenvalue weighted by molar-refractivity contribution is 7.09. The van der Waals surface area contributed by atoms with Crippen LogP contribution in [0, 0.1) is 6.92 Å². The number of rotatable bonds is 3. The Kier molecular flexibility index (Phi) is 3.09. The van der Waals surface area contributed by atoms with E-state index in [4.69, 9.17) is 0 Å². The Labute approximate surface area is 115 Å². The number of thiazole rings is 1. The quantitative estimate of drug-likeness (QED) is 0.683. The molecule has 0 radical (unpaired) electrons. The lowest BCUT2D eigenvalue weighted by atomic mass is 10.0. The third-order valence-corrected chi connectivity index (χ3v) is 3.91. The summed E-state index contributed by atoms with van der Waals surface area (Å²) in [7, 11) is 0. The van der Waals surface area contributed by atoms with Crippen LogP contribution < -0.4 is 0 Å². The second-order valence-corrected chi connectivity index (χ2v) is 5.33. The minimum atomic E-state index is 0.0682. The van der Waals surface area contributed by atoms with Crippen LogP contribution in [0.25, 0.3) is 10.8 Å². The van der Waals surface area contributed by atoms with Crippen molar-refractivity contribution in [2.75, 3.05) is 0 Å². The molecule has 4 heteroatoms. The van der Waals surface area contributed by atoms with Crippen molar-refractivity contribution in [3.05, 3.63) is 58.3 Å². The second kappa shape index (κ2) is 4.90. The third-order valence-electron chi connectivity index (χ3n) is 2.95. The van der Waals surface area contributed by atoms with E-state index >= 15 is 0 Å². The number of pyridine rings is 1. The van der Waals surface area contributed by atoms with Crippen molar-refractivity contribution in [3.8, 4) is 0 Å². The van der Waals surface area contributed by atoms with E-state index in [1.807, 2.05) is 36.6 Å². The maximum absolute atomic E-state index is 12.4. The van der Waals surface area contributed by atoms with Crippen LogP contribution in [-0.2, 0) is 6.42 Å². The lowest BCUT2D eigenvalue weighted by Crippen LogP contribution is -2.04. The largest absolute Gasteiger partial charge is 0.294 e. The van der Waals surface area contributed by atoms with Gasteiger partial charge in [-0.05, 0) is 12.3 Å². The summed E-state index contributed by atoms with van der Waals surface area (Å²) in [4.78, 5) is 20.8. The van der Waals surface area contributed by atoms with Gasteiger partial charge < -0.3 is 0 Å². The fraction of sp³-hybridized carbons (Fsp3) is 0.133. The van der Waals surface area contributed by atoms with Gasteiger partial charge in [-0.15, -0.1) is 11.3 Å². The van der Waals surface area contributed by atoms with Crippen molar-refractivity contribution >= 4 is 27.9 Å². The van der Waals surface area contributed by atoms with E-state index in [2.05, 4.69) is 9.97 Å². The van der Waals surface area contributed by atoms with E-state index in [1.165, 1.54) is 11.3 Å². The van der Waals surface area contributed by atoms with Crippen molar-refractivity contribution in [1.29, 1.82) is 0 Å². The summed E-state index contributed by atoms with van der Waals surface area (Å²) in [6.07, 6.45) is 3.76. The summed E-state index contributed by atoms with van der Waals surface area (Å²) in [5, 5.41) is 4.76. The Bertz CT molecular complexity index is 743. The van der Waals surface area contributed by atoms with Crippen molar-refractivity contribution < 1.29 is 4.79 Å². The molecule has 19 heavy (non-hydrogen) atoms. The SMILES string of the molecule is Cc1csc(CC(=O)c2cncc3ccccc23)n1. The number of hydrogen-bond acceptors (Lipinski definition) is 4. The Morgan fingerprint density at radius 2 is 2.11 bits per heavy atom. The first-order valence-corrected chi connectivity index (χ1v) is 6.89. The summed E-state index contributed by atoms with van der Waals surface area (Å²) in [5.74, 6) is 0.0682. The fourth-order valence-corrected chi connectivity index (χ4v) is 2.83. The molecule has 1 aromatic carbocycles. The normalized spacial score (nSPS) is 10.8. The van der Waals surface area contributed by atoms with Gasteiger partial charge in [0.2, 0.25) is 0 Å². The smallest absolute Gasteiger partial charge is 0.171 e. The molecule has 2 heterocycles. The Balaban J connectivity index is 1.97. The minimum absolute atomic E-state index is 0.0682. The highest BCUT2D eigenvalue weighted by atomic mass is 32.1. The van der Waals surface area contributed by atoms with Crippen molar-refractivity contribution in [2.45, 2.75) is 13.3 Å². The topological polar surface area (TPSA) is 42.9 Å². The highest BCUT2D eigenvalue weighted by Gasteiger charge is 2.12. The number of carbonyl (C=O) groups is 1. The number of ketones is 1. The summed E-state index contributed by atoms with van der Waals surface area (Å²) >= 11 is 1.53. The highest BCUT2D eigenvalue weighted by Crippen LogP contribution is 2.19. The van der Waals surface area contributed by atoms with Crippen molar-refractivity contribution in [3.63, 3.8) is 0 Å². The first-order valence-electron chi connectivity index (χ1n) is 6.01. The monoisotopic (exact) mass is 268 g/mol. The zero-order valence-corrected chi connectivity index (χ0v) is 11.3. The van der Waals surface area contributed by atoms with E-state index in [0.717, 1.165) is 21.5 Å². The molecule has 0 aliphatic carbocycles. The number of fused-ring (bicyclic) bond motifs is 1. The molecule has 0 unspecified atom stereocenters. The predicted molar refractivity (Wildman–Crippen MR) is 76.6 cm³/mol. The van der Waals surface area contributed by atoms with Crippen LogP contribution in [0.4, 0.5) is 0 Å². The van der Waals surface area contributed by atoms with Gasteiger partial charge in [-0.1, -0.05) is 24.3 Å². The summed E-state index contributed by atoms with van der Waals surface area (Å²) < 4.78 is 0. The molecule has 3 nitrogen and oxygen atoms in total. The Morgan fingerprint density at radius 3 is 2.89 bits per heavy atom. The third kappa shape index (κ3) is 2.39. The van der Waals surface area contributed by atoms with Crippen LogP contribution >= 0.6 is 11.3 Å². The molecule has 0 saturated carbocycles. The zero-order valence-electron chi connectivity index (χ0n) is 10.5. The molecule has 0 bridgehead atoms. The Hall–Kier alpha value is -2.07. The van der Waals surface area contributed by atoms with Gasteiger partial charge in [-0.3, -0.25) is 9.78 Å². The maximum atomic E-state index is 12.4. The molecule has 3 rings (SSSR count). The number of Topliss-reactive ketones (excluding diaryl/α,β-unsaturated/α-hetero) is 1. The van der Waals surface area contributed by atoms with Gasteiger partial charge >= 0.3 is 0 Å². The van der Waals surface area contributed by atoms with Crippen LogP contribution in [0.3, 0.4) is 0 Å². The standard InChI is InChI=1S/C15H12N2OS/c1-10-9-19-15(17-10)6-14(18)13-8-16-7-11-4-2-3-5-12(11)13/h2-5,7-9H,6H2,1H3. The van der Waals surface area contributed by atoms with Gasteiger partial charge in [0.25, 0.3) is 0 Å². The van der Waals surface area contributed by atoms with Crippen LogP contribution in [0.15, 0.2) is 42.0 Å². The summed E-state index contributed by atoms with van der Waals surface area (Å²) in [6.45, 7) is 1.93.